The van der Waals surface area contributed by atoms with E-state index in [1.807, 2.05) is 66.7 Å². The summed E-state index contributed by atoms with van der Waals surface area (Å²) in [6.45, 7) is 0. The highest BCUT2D eigenvalue weighted by atomic mass is 19.1. The van der Waals surface area contributed by atoms with E-state index in [1.54, 1.807) is 24.7 Å². The summed E-state index contributed by atoms with van der Waals surface area (Å²) in [6.07, 6.45) is 5.93. The highest BCUT2D eigenvalue weighted by Crippen LogP contribution is 2.32. The van der Waals surface area contributed by atoms with Crippen molar-refractivity contribution in [2.75, 3.05) is 0 Å². The number of benzene rings is 3. The van der Waals surface area contributed by atoms with E-state index in [0.717, 1.165) is 49.8 Å². The van der Waals surface area contributed by atoms with E-state index in [-0.39, 0.29) is 11.6 Å². The van der Waals surface area contributed by atoms with Gasteiger partial charge in [0.2, 0.25) is 0 Å². The number of H-pyrrole nitrogens is 2. The molecule has 7 aromatic rings. The summed E-state index contributed by atoms with van der Waals surface area (Å²) in [5.74, 6) is 0.430. The zero-order valence-electron chi connectivity index (χ0n) is 21.8. The fraction of sp³-hybridized carbons (Fsp3) is 0.0606. The zero-order chi connectivity index (χ0) is 27.8. The van der Waals surface area contributed by atoms with Crippen molar-refractivity contribution in [3.05, 3.63) is 120 Å². The first kappa shape index (κ1) is 24.5. The summed E-state index contributed by atoms with van der Waals surface area (Å²) in [5, 5.41) is 8.25. The molecule has 0 atom stereocenters. The molecule has 0 aliphatic heterocycles. The van der Waals surface area contributed by atoms with Gasteiger partial charge in [-0.3, -0.25) is 14.9 Å². The third-order valence-electron chi connectivity index (χ3n) is 7.07. The minimum atomic E-state index is -0.299. The van der Waals surface area contributed by atoms with Crippen molar-refractivity contribution in [1.82, 2.24) is 30.1 Å². The van der Waals surface area contributed by atoms with Gasteiger partial charge in [0.25, 0.3) is 0 Å². The lowest BCUT2D eigenvalue weighted by molar-refractivity contribution is -0.117. The molecule has 0 saturated carbocycles. The summed E-state index contributed by atoms with van der Waals surface area (Å²) in [5.41, 5.74) is 7.93. The minimum absolute atomic E-state index is 0.128. The summed E-state index contributed by atoms with van der Waals surface area (Å²) >= 11 is 0. The third kappa shape index (κ3) is 4.87. The van der Waals surface area contributed by atoms with E-state index in [4.69, 9.17) is 4.98 Å². The Morgan fingerprint density at radius 3 is 2.49 bits per heavy atom. The quantitative estimate of drug-likeness (QED) is 0.235. The Morgan fingerprint density at radius 1 is 0.780 bits per heavy atom. The van der Waals surface area contributed by atoms with Crippen LogP contribution in [-0.2, 0) is 17.6 Å². The minimum Gasteiger partial charge on any atom is -0.337 e. The Kier molecular flexibility index (Phi) is 6.13. The van der Waals surface area contributed by atoms with Gasteiger partial charge in [0, 0.05) is 48.1 Å². The number of aromatic nitrogens is 6. The number of aromatic amines is 2. The molecular formula is C33H23FN6O. The predicted molar refractivity (Wildman–Crippen MR) is 156 cm³/mol. The zero-order valence-corrected chi connectivity index (χ0v) is 21.8. The van der Waals surface area contributed by atoms with Gasteiger partial charge >= 0.3 is 0 Å². The molecule has 0 bridgehead atoms. The maximum atomic E-state index is 13.9. The van der Waals surface area contributed by atoms with Gasteiger partial charge in [0.05, 0.1) is 16.4 Å². The molecule has 2 N–H and O–H groups in total. The molecule has 0 aliphatic carbocycles. The monoisotopic (exact) mass is 538 g/mol. The molecule has 0 unspecified atom stereocenters. The topological polar surface area (TPSA) is 100 Å². The lowest BCUT2D eigenvalue weighted by Gasteiger charge is -2.06. The van der Waals surface area contributed by atoms with Crippen molar-refractivity contribution < 1.29 is 9.18 Å². The summed E-state index contributed by atoms with van der Waals surface area (Å²) < 4.78 is 13.9. The molecule has 7 nitrogen and oxygen atoms in total. The maximum absolute atomic E-state index is 13.9. The Bertz CT molecular complexity index is 2050. The van der Waals surface area contributed by atoms with Crippen LogP contribution in [0.25, 0.3) is 55.8 Å². The number of carbonyl (C=O) groups is 1. The van der Waals surface area contributed by atoms with Gasteiger partial charge in [0.1, 0.15) is 17.3 Å². The van der Waals surface area contributed by atoms with Gasteiger partial charge in [-0.05, 0) is 47.0 Å². The molecule has 7 rings (SSSR count). The van der Waals surface area contributed by atoms with Crippen LogP contribution >= 0.6 is 0 Å². The van der Waals surface area contributed by atoms with Crippen molar-refractivity contribution >= 4 is 27.9 Å². The predicted octanol–water partition coefficient (Wildman–Crippen LogP) is 6.72. The van der Waals surface area contributed by atoms with Gasteiger partial charge < -0.3 is 4.98 Å². The van der Waals surface area contributed by atoms with Crippen molar-refractivity contribution in [1.29, 1.82) is 0 Å². The number of nitrogens with zero attached hydrogens (tertiary/aromatic N) is 4. The second kappa shape index (κ2) is 10.2. The number of fused-ring (bicyclic) bond motifs is 2. The van der Waals surface area contributed by atoms with Gasteiger partial charge in [0.15, 0.2) is 11.5 Å². The smallest absolute Gasteiger partial charge is 0.181 e. The molecule has 0 aliphatic rings. The molecule has 198 valence electrons. The van der Waals surface area contributed by atoms with Gasteiger partial charge in [-0.2, -0.15) is 5.10 Å². The lowest BCUT2D eigenvalue weighted by atomic mass is 10.0. The standard InChI is InChI=1S/C33H23FN6O/c34-25-9-4-8-22(15-25)27-10-5-11-29-30(27)38-33(37-29)31-28-16-24(19-36-32(28)40-39-31)23-12-21(17-35-18-23)14-26(41)13-20-6-2-1-3-7-20/h1-12,15-19H,13-14H2,(H,37,38)(H,36,39,40). The van der Waals surface area contributed by atoms with E-state index in [9.17, 15) is 9.18 Å². The first-order valence-electron chi connectivity index (χ1n) is 13.2. The summed E-state index contributed by atoms with van der Waals surface area (Å²) in [6, 6.07) is 26.0. The van der Waals surface area contributed by atoms with Crippen molar-refractivity contribution in [3.8, 4) is 33.8 Å². The number of carbonyl (C=O) groups excluding carboxylic acids is 1. The molecule has 8 heteroatoms. The average Bonchev–Trinajstić information content (AvgIpc) is 3.61. The fourth-order valence-electron chi connectivity index (χ4n) is 5.13. The normalized spacial score (nSPS) is 11.3. The summed E-state index contributed by atoms with van der Waals surface area (Å²) in [7, 11) is 0. The Labute approximate surface area is 234 Å². The second-order valence-corrected chi connectivity index (χ2v) is 9.95. The SMILES string of the molecule is O=C(Cc1ccccc1)Cc1cncc(-c2cnc3n[nH]c(-c4nc5c(-c6cccc(F)c6)cccc5[nH]4)c3c2)c1. The Morgan fingerprint density at radius 2 is 1.61 bits per heavy atom. The number of para-hydroxylation sites is 1. The number of hydrogen-bond donors (Lipinski definition) is 2. The average molecular weight is 539 g/mol. The molecule has 0 spiro atoms. The Balaban J connectivity index is 1.21. The molecule has 0 saturated heterocycles. The lowest BCUT2D eigenvalue weighted by Crippen LogP contribution is -2.06. The van der Waals surface area contributed by atoms with E-state index in [1.165, 1.54) is 12.1 Å². The van der Waals surface area contributed by atoms with Crippen LogP contribution in [0.1, 0.15) is 11.1 Å². The van der Waals surface area contributed by atoms with Crippen LogP contribution in [0.3, 0.4) is 0 Å². The number of pyridine rings is 2. The molecule has 0 fully saturated rings. The van der Waals surface area contributed by atoms with Crippen molar-refractivity contribution in [3.63, 3.8) is 0 Å². The van der Waals surface area contributed by atoms with E-state index < -0.39 is 0 Å². The number of hydrogen-bond acceptors (Lipinski definition) is 5. The van der Waals surface area contributed by atoms with Crippen LogP contribution < -0.4 is 0 Å². The number of ketones is 1. The molecule has 41 heavy (non-hydrogen) atoms. The number of Topliss-reactive ketones (excluding diaryl/α,β-unsaturated/α-hetero) is 1. The van der Waals surface area contributed by atoms with Crippen LogP contribution in [0.5, 0.6) is 0 Å². The highest BCUT2D eigenvalue weighted by molar-refractivity contribution is 5.97. The van der Waals surface area contributed by atoms with Crippen LogP contribution in [0.2, 0.25) is 0 Å². The molecule has 4 aromatic heterocycles. The molecule has 3 aromatic carbocycles. The van der Waals surface area contributed by atoms with Gasteiger partial charge in [-0.25, -0.2) is 14.4 Å². The van der Waals surface area contributed by atoms with Crippen LogP contribution in [0.15, 0.2) is 104 Å². The Hall–Kier alpha value is -5.50. The van der Waals surface area contributed by atoms with Gasteiger partial charge in [-0.1, -0.05) is 54.6 Å². The first-order chi connectivity index (χ1) is 20.1. The van der Waals surface area contributed by atoms with Crippen molar-refractivity contribution in [2.24, 2.45) is 0 Å². The van der Waals surface area contributed by atoms with Crippen LogP contribution in [0.4, 0.5) is 4.39 Å². The maximum Gasteiger partial charge on any atom is 0.181 e. The van der Waals surface area contributed by atoms with E-state index >= 15 is 0 Å². The van der Waals surface area contributed by atoms with Gasteiger partial charge in [-0.15, -0.1) is 0 Å². The second-order valence-electron chi connectivity index (χ2n) is 9.95. The highest BCUT2D eigenvalue weighted by Gasteiger charge is 2.16. The number of rotatable bonds is 7. The number of halogens is 1. The molecular weight excluding hydrogens is 515 g/mol. The summed E-state index contributed by atoms with van der Waals surface area (Å²) in [4.78, 5) is 29.9. The molecule has 0 radical (unpaired) electrons. The van der Waals surface area contributed by atoms with E-state index in [0.29, 0.717) is 30.0 Å². The largest absolute Gasteiger partial charge is 0.337 e. The fourth-order valence-corrected chi connectivity index (χ4v) is 5.13. The van der Waals surface area contributed by atoms with E-state index in [2.05, 4.69) is 25.1 Å². The third-order valence-corrected chi connectivity index (χ3v) is 7.07. The molecule has 4 heterocycles. The molecule has 0 amide bonds. The number of imidazole rings is 1. The van der Waals surface area contributed by atoms with Crippen LogP contribution in [-0.4, -0.2) is 35.9 Å². The van der Waals surface area contributed by atoms with Crippen molar-refractivity contribution in [2.45, 2.75) is 12.8 Å². The first-order valence-corrected chi connectivity index (χ1v) is 13.2. The number of nitrogens with one attached hydrogen (secondary N) is 2. The van der Waals surface area contributed by atoms with Crippen LogP contribution in [0, 0.1) is 5.82 Å².